The Bertz CT molecular complexity index is 1600. The second-order valence-corrected chi connectivity index (χ2v) is 11.3. The number of benzene rings is 2. The fourth-order valence-corrected chi connectivity index (χ4v) is 6.06. The molecular weight excluding hydrogens is 580 g/mol. The fourth-order valence-electron chi connectivity index (χ4n) is 4.54. The van der Waals surface area contributed by atoms with Crippen molar-refractivity contribution < 1.29 is 37.0 Å². The second-order valence-electron chi connectivity index (χ2n) is 9.38. The molecule has 43 heavy (non-hydrogen) atoms. The smallest absolute Gasteiger partial charge is 0.274 e. The molecule has 0 bridgehead atoms. The summed E-state index contributed by atoms with van der Waals surface area (Å²) in [6.45, 7) is 3.72. The number of amides is 3. The van der Waals surface area contributed by atoms with Crippen LogP contribution in [0.4, 0.5) is 11.4 Å². The average Bonchev–Trinajstić information content (AvgIpc) is 3.48. The molecular formula is C28H32N6O8S. The van der Waals surface area contributed by atoms with Gasteiger partial charge in [-0.05, 0) is 37.1 Å². The molecule has 2 heterocycles. The van der Waals surface area contributed by atoms with E-state index >= 15 is 0 Å². The summed E-state index contributed by atoms with van der Waals surface area (Å²) in [7, 11) is 0.441. The molecule has 0 radical (unpaired) electrons. The van der Waals surface area contributed by atoms with Crippen molar-refractivity contribution in [2.24, 2.45) is 0 Å². The number of ether oxygens (including phenoxy) is 3. The van der Waals surface area contributed by atoms with Gasteiger partial charge in [0.2, 0.25) is 15.9 Å². The minimum Gasteiger partial charge on any atom is -0.496 e. The summed E-state index contributed by atoms with van der Waals surface area (Å²) in [6.07, 6.45) is 3.17. The third-order valence-electron chi connectivity index (χ3n) is 6.76. The maximum Gasteiger partial charge on any atom is 0.274 e. The first-order chi connectivity index (χ1) is 20.6. The quantitative estimate of drug-likeness (QED) is 0.236. The van der Waals surface area contributed by atoms with Crippen LogP contribution >= 0.6 is 0 Å². The molecule has 0 spiro atoms. The summed E-state index contributed by atoms with van der Waals surface area (Å²) in [5, 5.41) is 14.7. The van der Waals surface area contributed by atoms with Crippen LogP contribution in [0.15, 0.2) is 60.1 Å². The molecule has 3 aromatic rings. The van der Waals surface area contributed by atoms with Crippen LogP contribution in [0.5, 0.6) is 17.2 Å². The van der Waals surface area contributed by atoms with Gasteiger partial charge in [0.15, 0.2) is 5.69 Å². The van der Waals surface area contributed by atoms with Gasteiger partial charge in [0.25, 0.3) is 11.8 Å². The zero-order valence-corrected chi connectivity index (χ0v) is 24.6. The lowest BCUT2D eigenvalue weighted by Gasteiger charge is -2.31. The number of carbonyl (C=O) groups excluding carboxylic acids is 3. The molecule has 1 aromatic heterocycles. The van der Waals surface area contributed by atoms with E-state index in [4.69, 9.17) is 14.2 Å². The van der Waals surface area contributed by atoms with Gasteiger partial charge in [0, 0.05) is 43.1 Å². The third-order valence-corrected chi connectivity index (χ3v) is 8.65. The highest BCUT2D eigenvalue weighted by molar-refractivity contribution is 7.89. The van der Waals surface area contributed by atoms with Gasteiger partial charge in [-0.2, -0.15) is 9.40 Å². The van der Waals surface area contributed by atoms with Crippen LogP contribution < -0.4 is 30.2 Å². The Morgan fingerprint density at radius 1 is 1.00 bits per heavy atom. The van der Waals surface area contributed by atoms with Crippen molar-refractivity contribution in [1.29, 1.82) is 0 Å². The molecule has 3 amide bonds. The predicted octanol–water partition coefficient (Wildman–Crippen LogP) is 2.40. The second kappa shape index (κ2) is 13.4. The molecule has 1 aliphatic rings. The van der Waals surface area contributed by atoms with Crippen LogP contribution in [-0.4, -0.2) is 81.1 Å². The highest BCUT2D eigenvalue weighted by Gasteiger charge is 2.31. The Kier molecular flexibility index (Phi) is 9.67. The number of aromatic amines is 1. The highest BCUT2D eigenvalue weighted by Crippen LogP contribution is 2.34. The molecule has 4 N–H and O–H groups in total. The highest BCUT2D eigenvalue weighted by atomic mass is 32.2. The minimum absolute atomic E-state index is 0.0406. The molecule has 4 rings (SSSR count). The Morgan fingerprint density at radius 3 is 2.28 bits per heavy atom. The normalized spacial score (nSPS) is 13.9. The lowest BCUT2D eigenvalue weighted by Crippen LogP contribution is -2.46. The van der Waals surface area contributed by atoms with Gasteiger partial charge in [-0.3, -0.25) is 19.5 Å². The van der Waals surface area contributed by atoms with E-state index in [1.54, 1.807) is 12.1 Å². The van der Waals surface area contributed by atoms with Crippen LogP contribution in [0.3, 0.4) is 0 Å². The first-order valence-corrected chi connectivity index (χ1v) is 14.5. The van der Waals surface area contributed by atoms with Gasteiger partial charge in [-0.25, -0.2) is 8.42 Å². The van der Waals surface area contributed by atoms with Gasteiger partial charge < -0.3 is 30.2 Å². The summed E-state index contributed by atoms with van der Waals surface area (Å²) in [6, 6.07) is 8.69. The van der Waals surface area contributed by atoms with Crippen molar-refractivity contribution in [3.63, 3.8) is 0 Å². The van der Waals surface area contributed by atoms with E-state index in [0.29, 0.717) is 24.3 Å². The molecule has 0 saturated carbocycles. The molecule has 2 aromatic carbocycles. The lowest BCUT2D eigenvalue weighted by atomic mass is 10.1. The van der Waals surface area contributed by atoms with Crippen LogP contribution in [0.1, 0.15) is 33.7 Å². The third kappa shape index (κ3) is 6.95. The minimum atomic E-state index is -3.83. The number of rotatable bonds is 11. The van der Waals surface area contributed by atoms with E-state index in [0.717, 1.165) is 6.08 Å². The summed E-state index contributed by atoms with van der Waals surface area (Å²) < 4.78 is 43.7. The SMILES string of the molecule is C=CC(=O)Nc1cccc(S(=O)(=O)N2CCC(NC(=O)c3n[nH]cc3NC(=O)c3c(OC)cc(OC)cc3OC)CC2)c1. The van der Waals surface area contributed by atoms with E-state index in [9.17, 15) is 22.8 Å². The Morgan fingerprint density at radius 2 is 1.67 bits per heavy atom. The number of nitrogens with zero attached hydrogens (tertiary/aromatic N) is 2. The zero-order valence-electron chi connectivity index (χ0n) is 23.8. The van der Waals surface area contributed by atoms with Gasteiger partial charge in [0.05, 0.1) is 31.9 Å². The van der Waals surface area contributed by atoms with E-state index < -0.39 is 27.7 Å². The molecule has 15 heteroatoms. The Labute approximate surface area is 248 Å². The van der Waals surface area contributed by atoms with Gasteiger partial charge >= 0.3 is 0 Å². The summed E-state index contributed by atoms with van der Waals surface area (Å²) in [4.78, 5) is 37.9. The van der Waals surface area contributed by atoms with Crippen molar-refractivity contribution in [3.8, 4) is 17.2 Å². The van der Waals surface area contributed by atoms with Crippen molar-refractivity contribution >= 4 is 39.1 Å². The summed E-state index contributed by atoms with van der Waals surface area (Å²) in [5.74, 6) is -0.754. The number of piperidine rings is 1. The molecule has 1 aliphatic heterocycles. The molecule has 0 unspecified atom stereocenters. The number of hydrogen-bond acceptors (Lipinski definition) is 9. The summed E-state index contributed by atoms with van der Waals surface area (Å²) in [5.41, 5.74) is 0.513. The lowest BCUT2D eigenvalue weighted by molar-refractivity contribution is -0.111. The monoisotopic (exact) mass is 612 g/mol. The van der Waals surface area contributed by atoms with Crippen molar-refractivity contribution in [3.05, 3.63) is 66.5 Å². The first-order valence-electron chi connectivity index (χ1n) is 13.1. The Balaban J connectivity index is 1.40. The molecule has 0 aliphatic carbocycles. The number of nitrogens with one attached hydrogen (secondary N) is 4. The number of carbonyl (C=O) groups is 3. The number of hydrogen-bond donors (Lipinski definition) is 4. The largest absolute Gasteiger partial charge is 0.496 e. The molecule has 1 saturated heterocycles. The first kappa shape index (κ1) is 31.1. The van der Waals surface area contributed by atoms with E-state index in [1.807, 2.05) is 0 Å². The van der Waals surface area contributed by atoms with Gasteiger partial charge in [0.1, 0.15) is 22.8 Å². The van der Waals surface area contributed by atoms with E-state index in [-0.39, 0.29) is 52.5 Å². The van der Waals surface area contributed by atoms with Gasteiger partial charge in [-0.15, -0.1) is 0 Å². The maximum atomic E-state index is 13.2. The maximum absolute atomic E-state index is 13.2. The number of anilines is 2. The molecule has 1 fully saturated rings. The van der Waals surface area contributed by atoms with E-state index in [2.05, 4.69) is 32.7 Å². The van der Waals surface area contributed by atoms with Gasteiger partial charge in [-0.1, -0.05) is 12.6 Å². The standard InChI is InChI=1S/C28H32N6O8S/c1-5-24(35)30-18-7-6-8-20(13-18)43(38,39)34-11-9-17(10-12-34)31-28(37)26-21(16-29-33-26)32-27(36)25-22(41-3)14-19(40-2)15-23(25)42-4/h5-8,13-17H,1,9-12H2,2-4H3,(H,29,33)(H,30,35)(H,31,37)(H,32,36). The van der Waals surface area contributed by atoms with Crippen LogP contribution in [0.25, 0.3) is 0 Å². The number of sulfonamides is 1. The van der Waals surface area contributed by atoms with Crippen LogP contribution in [-0.2, 0) is 14.8 Å². The average molecular weight is 613 g/mol. The Hall–Kier alpha value is -4.89. The molecule has 14 nitrogen and oxygen atoms in total. The van der Waals surface area contributed by atoms with E-state index in [1.165, 1.54) is 56.1 Å². The van der Waals surface area contributed by atoms with Crippen molar-refractivity contribution in [2.75, 3.05) is 45.1 Å². The molecule has 0 atom stereocenters. The summed E-state index contributed by atoms with van der Waals surface area (Å²) >= 11 is 0. The number of methoxy groups -OCH3 is 3. The van der Waals surface area contributed by atoms with Crippen molar-refractivity contribution in [2.45, 2.75) is 23.8 Å². The van der Waals surface area contributed by atoms with Crippen LogP contribution in [0.2, 0.25) is 0 Å². The zero-order chi connectivity index (χ0) is 31.1. The fraction of sp³-hybridized carbons (Fsp3) is 0.286. The van der Waals surface area contributed by atoms with Crippen molar-refractivity contribution in [1.82, 2.24) is 19.8 Å². The molecule has 228 valence electrons. The predicted molar refractivity (Wildman–Crippen MR) is 157 cm³/mol. The topological polar surface area (TPSA) is 181 Å². The number of H-pyrrole nitrogens is 1. The number of aromatic nitrogens is 2. The van der Waals surface area contributed by atoms with Crippen LogP contribution in [0, 0.1) is 0 Å².